The van der Waals surface area contributed by atoms with Crippen LogP contribution in [0.15, 0.2) is 0 Å². The summed E-state index contributed by atoms with van der Waals surface area (Å²) in [6, 6.07) is 0. The Morgan fingerprint density at radius 2 is 1.00 bits per heavy atom. The highest BCUT2D eigenvalue weighted by Gasteiger charge is 2.72. The lowest BCUT2D eigenvalue weighted by molar-refractivity contribution is -0.344. The maximum Gasteiger partial charge on any atom is 0.434 e. The lowest BCUT2D eigenvalue weighted by atomic mass is 10.1. The van der Waals surface area contributed by atoms with E-state index in [0.29, 0.717) is 0 Å². The minimum absolute atomic E-state index is 0.347. The molecule has 0 aromatic heterocycles. The maximum atomic E-state index is 11.9. The van der Waals surface area contributed by atoms with Gasteiger partial charge < -0.3 is 5.11 Å². The molecule has 0 saturated carbocycles. The van der Waals surface area contributed by atoms with Gasteiger partial charge in [0, 0.05) is 0 Å². The van der Waals surface area contributed by atoms with Crippen molar-refractivity contribution in [1.82, 2.24) is 0 Å². The predicted octanol–water partition coefficient (Wildman–Crippen LogP) is 2.74. The molecule has 0 rings (SSSR count). The van der Waals surface area contributed by atoms with Crippen LogP contribution in [0.2, 0.25) is 0 Å². The minimum atomic E-state index is -6.28. The Bertz CT molecular complexity index is 167. The van der Waals surface area contributed by atoms with E-state index >= 15 is 0 Å². The van der Waals surface area contributed by atoms with Crippen molar-refractivity contribution in [3.8, 4) is 0 Å². The van der Waals surface area contributed by atoms with Crippen LogP contribution >= 0.6 is 0 Å². The first-order valence-electron chi connectivity index (χ1n) is 3.53. The first-order chi connectivity index (χ1) is 6.97. The number of rotatable bonds is 2. The number of halogens is 9. The predicted molar refractivity (Wildman–Crippen MR) is 35.0 cm³/mol. The number of aliphatic hydroxyl groups is 1. The third kappa shape index (κ3) is 4.45. The van der Waals surface area contributed by atoms with Crippen molar-refractivity contribution in [2.75, 3.05) is 20.0 Å². The van der Waals surface area contributed by atoms with Crippen molar-refractivity contribution >= 4 is 0 Å². The molecule has 0 aromatic carbocycles. The highest BCUT2D eigenvalue weighted by atomic mass is 19.4. The van der Waals surface area contributed by atoms with Crippen LogP contribution in [0, 0.1) is 0 Å². The van der Waals surface area contributed by atoms with Gasteiger partial charge >= 0.3 is 18.0 Å². The molecular formula is C6H7F9O. The van der Waals surface area contributed by atoms with Crippen LogP contribution in [0.4, 0.5) is 39.5 Å². The Balaban J connectivity index is 0. The molecule has 16 heavy (non-hydrogen) atoms. The standard InChI is InChI=1S/C4H2F8.C2H5FO/c5-1-2(6,3(7,8)9)4(10,11)12;3-1-2-4/h1H2;4H,1-2H2. The van der Waals surface area contributed by atoms with Gasteiger partial charge in [0.1, 0.15) is 13.3 Å². The first-order valence-corrected chi connectivity index (χ1v) is 3.53. The quantitative estimate of drug-likeness (QED) is 0.762. The van der Waals surface area contributed by atoms with Crippen molar-refractivity contribution in [2.45, 2.75) is 18.0 Å². The molecule has 0 heterocycles. The van der Waals surface area contributed by atoms with E-state index in [2.05, 4.69) is 0 Å². The van der Waals surface area contributed by atoms with Crippen LogP contribution in [0.1, 0.15) is 0 Å². The Morgan fingerprint density at radius 3 is 1.00 bits per heavy atom. The molecule has 0 aromatic rings. The van der Waals surface area contributed by atoms with E-state index in [0.717, 1.165) is 0 Å². The zero-order chi connectivity index (χ0) is 13.6. The second-order valence-corrected chi connectivity index (χ2v) is 2.34. The molecule has 0 aliphatic rings. The Morgan fingerprint density at radius 1 is 0.750 bits per heavy atom. The Labute approximate surface area is 83.9 Å². The number of hydrogen-bond acceptors (Lipinski definition) is 1. The summed E-state index contributed by atoms with van der Waals surface area (Å²) in [5.74, 6) is 0. The van der Waals surface area contributed by atoms with Crippen molar-refractivity contribution < 1.29 is 44.6 Å². The van der Waals surface area contributed by atoms with Gasteiger partial charge in [-0.1, -0.05) is 0 Å². The molecule has 0 atom stereocenters. The van der Waals surface area contributed by atoms with Crippen LogP contribution in [0.25, 0.3) is 0 Å². The number of alkyl halides is 9. The average molecular weight is 266 g/mol. The van der Waals surface area contributed by atoms with E-state index in [1.165, 1.54) is 0 Å². The van der Waals surface area contributed by atoms with Crippen molar-refractivity contribution in [2.24, 2.45) is 0 Å². The molecule has 1 N–H and O–H groups in total. The molecule has 0 spiro atoms. The van der Waals surface area contributed by atoms with Gasteiger partial charge in [0.15, 0.2) is 0 Å². The summed E-state index contributed by atoms with van der Waals surface area (Å²) in [5, 5.41) is 7.50. The van der Waals surface area contributed by atoms with Crippen molar-refractivity contribution in [1.29, 1.82) is 0 Å². The molecule has 0 aliphatic heterocycles. The maximum absolute atomic E-state index is 11.9. The molecule has 0 radical (unpaired) electrons. The lowest BCUT2D eigenvalue weighted by Gasteiger charge is -2.26. The van der Waals surface area contributed by atoms with E-state index in [9.17, 15) is 39.5 Å². The molecule has 0 bridgehead atoms. The first kappa shape index (κ1) is 17.7. The van der Waals surface area contributed by atoms with Gasteiger partial charge in [-0.25, -0.2) is 13.2 Å². The van der Waals surface area contributed by atoms with Crippen molar-refractivity contribution in [3.05, 3.63) is 0 Å². The van der Waals surface area contributed by atoms with Gasteiger partial charge in [-0.2, -0.15) is 26.3 Å². The fourth-order valence-corrected chi connectivity index (χ4v) is 0.312. The third-order valence-corrected chi connectivity index (χ3v) is 1.17. The van der Waals surface area contributed by atoms with Gasteiger partial charge in [0.2, 0.25) is 0 Å². The fourth-order valence-electron chi connectivity index (χ4n) is 0.312. The topological polar surface area (TPSA) is 20.2 Å². The smallest absolute Gasteiger partial charge is 0.394 e. The third-order valence-electron chi connectivity index (χ3n) is 1.17. The highest BCUT2D eigenvalue weighted by Crippen LogP contribution is 2.46. The molecule has 0 amide bonds. The molecule has 0 fully saturated rings. The van der Waals surface area contributed by atoms with Crippen molar-refractivity contribution in [3.63, 3.8) is 0 Å². The summed E-state index contributed by atoms with van der Waals surface area (Å²) in [6.07, 6.45) is -12.6. The van der Waals surface area contributed by atoms with E-state index in [1.807, 2.05) is 0 Å². The lowest BCUT2D eigenvalue weighted by Crippen LogP contribution is -2.54. The normalized spacial score (nSPS) is 13.1. The minimum Gasteiger partial charge on any atom is -0.394 e. The van der Waals surface area contributed by atoms with Crippen LogP contribution in [-0.4, -0.2) is 43.1 Å². The van der Waals surface area contributed by atoms with Gasteiger partial charge in [0.05, 0.1) is 6.61 Å². The Hall–Kier alpha value is -0.670. The van der Waals surface area contributed by atoms with Gasteiger partial charge in [-0.3, -0.25) is 0 Å². The van der Waals surface area contributed by atoms with E-state index in [-0.39, 0.29) is 6.61 Å². The largest absolute Gasteiger partial charge is 0.434 e. The summed E-state index contributed by atoms with van der Waals surface area (Å²) < 4.78 is 101. The molecule has 10 heteroatoms. The molecule has 100 valence electrons. The molecule has 1 nitrogen and oxygen atoms in total. The summed E-state index contributed by atoms with van der Waals surface area (Å²) in [4.78, 5) is 0. The van der Waals surface area contributed by atoms with Crippen LogP contribution in [-0.2, 0) is 0 Å². The summed E-state index contributed by atoms with van der Waals surface area (Å²) in [5.41, 5.74) is -5.75. The zero-order valence-corrected chi connectivity index (χ0v) is 7.47. The molecule has 0 unspecified atom stereocenters. The van der Waals surface area contributed by atoms with Crippen LogP contribution in [0.3, 0.4) is 0 Å². The number of aliphatic hydroxyl groups excluding tert-OH is 1. The van der Waals surface area contributed by atoms with E-state index < -0.39 is 31.4 Å². The second kappa shape index (κ2) is 6.16. The van der Waals surface area contributed by atoms with Gasteiger partial charge in [0.25, 0.3) is 0 Å². The van der Waals surface area contributed by atoms with Gasteiger partial charge in [-0.05, 0) is 0 Å². The van der Waals surface area contributed by atoms with Crippen LogP contribution < -0.4 is 0 Å². The SMILES string of the molecule is FCC(F)(C(F)(F)F)C(F)(F)F.OCCF. The molecule has 0 aliphatic carbocycles. The molecular weight excluding hydrogens is 259 g/mol. The highest BCUT2D eigenvalue weighted by molar-refractivity contribution is 4.93. The summed E-state index contributed by atoms with van der Waals surface area (Å²) >= 11 is 0. The number of hydrogen-bond donors (Lipinski definition) is 1. The zero-order valence-electron chi connectivity index (χ0n) is 7.47. The van der Waals surface area contributed by atoms with E-state index in [1.54, 1.807) is 0 Å². The summed E-state index contributed by atoms with van der Waals surface area (Å²) in [7, 11) is 0. The fraction of sp³-hybridized carbons (Fsp3) is 1.00. The van der Waals surface area contributed by atoms with E-state index in [4.69, 9.17) is 5.11 Å². The Kier molecular flexibility index (Phi) is 6.82. The molecule has 0 saturated heterocycles. The van der Waals surface area contributed by atoms with Gasteiger partial charge in [-0.15, -0.1) is 0 Å². The average Bonchev–Trinajstić information content (AvgIpc) is 2.13. The monoisotopic (exact) mass is 266 g/mol. The summed E-state index contributed by atoms with van der Waals surface area (Å²) in [6.45, 7) is -4.14. The van der Waals surface area contributed by atoms with Crippen LogP contribution in [0.5, 0.6) is 0 Å². The second-order valence-electron chi connectivity index (χ2n) is 2.34.